The van der Waals surface area contributed by atoms with Crippen LogP contribution in [0.5, 0.6) is 0 Å². The molecule has 0 fully saturated rings. The van der Waals surface area contributed by atoms with E-state index in [1.165, 1.54) is 0 Å². The van der Waals surface area contributed by atoms with Crippen molar-refractivity contribution >= 4 is 12.1 Å². The number of hydrogen-bond acceptors (Lipinski definition) is 3. The van der Waals surface area contributed by atoms with Gasteiger partial charge in [-0.2, -0.15) is 0 Å². The lowest BCUT2D eigenvalue weighted by atomic mass is 10.8. The number of nitrogens with one attached hydrogen (secondary N) is 2. The van der Waals surface area contributed by atoms with Gasteiger partial charge in [-0.25, -0.2) is 9.59 Å². The normalized spacial score (nSPS) is 9.00. The number of urea groups is 2. The summed E-state index contributed by atoms with van der Waals surface area (Å²) in [6, 6.07) is -1.66. The summed E-state index contributed by atoms with van der Waals surface area (Å²) in [6.07, 6.45) is -1.03. The average Bonchev–Trinajstić information content (AvgIpc) is 1.58. The standard InChI is InChI=1S/C3H9N5O2/c4-1(7-2(5)9)8-3(6)10/h1H,4H2,(H3,5,7,9)(H3,6,8,10). The Morgan fingerprint density at radius 3 is 1.60 bits per heavy atom. The lowest BCUT2D eigenvalue weighted by Gasteiger charge is -2.10. The summed E-state index contributed by atoms with van der Waals surface area (Å²) < 4.78 is 0. The third kappa shape index (κ3) is 4.65. The molecule has 7 heteroatoms. The number of amides is 4. The van der Waals surface area contributed by atoms with Crippen molar-refractivity contribution in [3.63, 3.8) is 0 Å². The number of hydrogen-bond donors (Lipinski definition) is 5. The first-order valence-electron chi connectivity index (χ1n) is 2.40. The van der Waals surface area contributed by atoms with E-state index in [9.17, 15) is 9.59 Å². The first kappa shape index (κ1) is 8.50. The molecule has 0 atom stereocenters. The molecule has 0 radical (unpaired) electrons. The molecule has 0 aromatic rings. The molecule has 0 aliphatic rings. The van der Waals surface area contributed by atoms with E-state index in [2.05, 4.69) is 11.5 Å². The van der Waals surface area contributed by atoms with E-state index >= 15 is 0 Å². The molecule has 4 amide bonds. The molecule has 0 saturated heterocycles. The highest BCUT2D eigenvalue weighted by molar-refractivity contribution is 5.74. The number of carbonyl (C=O) groups excluding carboxylic acids is 2. The third-order valence-electron chi connectivity index (χ3n) is 0.596. The van der Waals surface area contributed by atoms with Crippen LogP contribution in [0.3, 0.4) is 0 Å². The molecule has 0 aliphatic carbocycles. The second kappa shape index (κ2) is 3.51. The van der Waals surface area contributed by atoms with Crippen LogP contribution in [0.2, 0.25) is 0 Å². The van der Waals surface area contributed by atoms with Crippen molar-refractivity contribution in [3.8, 4) is 0 Å². The van der Waals surface area contributed by atoms with Gasteiger partial charge in [0.1, 0.15) is 0 Å². The molecule has 0 aliphatic heterocycles. The maximum absolute atomic E-state index is 10.0. The lowest BCUT2D eigenvalue weighted by molar-refractivity contribution is 0.235. The molecule has 10 heavy (non-hydrogen) atoms. The van der Waals surface area contributed by atoms with Crippen molar-refractivity contribution in [3.05, 3.63) is 0 Å². The molecule has 0 aromatic carbocycles. The van der Waals surface area contributed by atoms with E-state index in [1.54, 1.807) is 0 Å². The SMILES string of the molecule is NC(=O)NC(N)NC(N)=O. The predicted octanol–water partition coefficient (Wildman–Crippen LogP) is -2.43. The van der Waals surface area contributed by atoms with Crippen molar-refractivity contribution in [1.82, 2.24) is 10.6 Å². The molecule has 0 rings (SSSR count). The van der Waals surface area contributed by atoms with Crippen molar-refractivity contribution < 1.29 is 9.59 Å². The molecule has 58 valence electrons. The van der Waals surface area contributed by atoms with Gasteiger partial charge in [-0.1, -0.05) is 0 Å². The van der Waals surface area contributed by atoms with Crippen molar-refractivity contribution in [2.75, 3.05) is 0 Å². The van der Waals surface area contributed by atoms with E-state index in [-0.39, 0.29) is 0 Å². The van der Waals surface area contributed by atoms with E-state index in [1.807, 2.05) is 10.6 Å². The molecule has 0 bridgehead atoms. The van der Waals surface area contributed by atoms with Gasteiger partial charge in [0.2, 0.25) is 0 Å². The zero-order valence-electron chi connectivity index (χ0n) is 5.13. The van der Waals surface area contributed by atoms with Gasteiger partial charge >= 0.3 is 12.1 Å². The predicted molar refractivity (Wildman–Crippen MR) is 33.4 cm³/mol. The van der Waals surface area contributed by atoms with Gasteiger partial charge in [0, 0.05) is 0 Å². The van der Waals surface area contributed by atoms with Gasteiger partial charge in [-0.3, -0.25) is 5.73 Å². The minimum Gasteiger partial charge on any atom is -0.352 e. The first-order valence-corrected chi connectivity index (χ1v) is 2.40. The number of carbonyl (C=O) groups is 2. The summed E-state index contributed by atoms with van der Waals surface area (Å²) in [4.78, 5) is 20.1. The Morgan fingerprint density at radius 1 is 1.10 bits per heavy atom. The molecule has 7 nitrogen and oxygen atoms in total. The number of nitrogens with two attached hydrogens (primary N) is 3. The Balaban J connectivity index is 3.53. The highest BCUT2D eigenvalue weighted by atomic mass is 16.2. The zero-order chi connectivity index (χ0) is 8.15. The van der Waals surface area contributed by atoms with Crippen LogP contribution < -0.4 is 27.8 Å². The minimum atomic E-state index is -1.03. The largest absolute Gasteiger partial charge is 0.352 e. The maximum atomic E-state index is 10.0. The van der Waals surface area contributed by atoms with Gasteiger partial charge in [-0.05, 0) is 0 Å². The molecule has 0 spiro atoms. The molecule has 0 saturated carbocycles. The van der Waals surface area contributed by atoms with Crippen LogP contribution in [0.15, 0.2) is 0 Å². The monoisotopic (exact) mass is 147 g/mol. The molecular weight excluding hydrogens is 138 g/mol. The fourth-order valence-corrected chi connectivity index (χ4v) is 0.343. The quantitative estimate of drug-likeness (QED) is 0.277. The average molecular weight is 147 g/mol. The lowest BCUT2D eigenvalue weighted by Crippen LogP contribution is -2.56. The summed E-state index contributed by atoms with van der Waals surface area (Å²) in [5, 5.41) is 3.96. The Labute approximate surface area is 56.9 Å². The number of primary amides is 2. The highest BCUT2D eigenvalue weighted by Crippen LogP contribution is 1.62. The summed E-state index contributed by atoms with van der Waals surface area (Å²) in [5.74, 6) is 0. The van der Waals surface area contributed by atoms with Gasteiger partial charge in [0.15, 0.2) is 6.29 Å². The van der Waals surface area contributed by atoms with Crippen LogP contribution in [0, 0.1) is 0 Å². The highest BCUT2D eigenvalue weighted by Gasteiger charge is 2.03. The van der Waals surface area contributed by atoms with Crippen LogP contribution in [0.4, 0.5) is 9.59 Å². The molecule has 8 N–H and O–H groups in total. The minimum absolute atomic E-state index is 0.832. The van der Waals surface area contributed by atoms with Crippen LogP contribution >= 0.6 is 0 Å². The first-order chi connectivity index (χ1) is 4.52. The van der Waals surface area contributed by atoms with E-state index in [4.69, 9.17) is 5.73 Å². The Bertz CT molecular complexity index is 130. The fourth-order valence-electron chi connectivity index (χ4n) is 0.343. The van der Waals surface area contributed by atoms with Gasteiger partial charge in [-0.15, -0.1) is 0 Å². The Kier molecular flexibility index (Phi) is 2.98. The van der Waals surface area contributed by atoms with Crippen LogP contribution in [0.1, 0.15) is 0 Å². The van der Waals surface area contributed by atoms with Crippen LogP contribution in [-0.2, 0) is 0 Å². The van der Waals surface area contributed by atoms with Crippen LogP contribution in [-0.4, -0.2) is 18.4 Å². The summed E-state index contributed by atoms with van der Waals surface area (Å²) in [7, 11) is 0. The van der Waals surface area contributed by atoms with E-state index in [0.29, 0.717) is 0 Å². The Morgan fingerprint density at radius 2 is 1.40 bits per heavy atom. The second-order valence-corrected chi connectivity index (χ2v) is 1.49. The smallest absolute Gasteiger partial charge is 0.314 e. The molecule has 0 aromatic heterocycles. The topological polar surface area (TPSA) is 136 Å². The molecular formula is C3H9N5O2. The van der Waals surface area contributed by atoms with E-state index in [0.717, 1.165) is 0 Å². The Hall–Kier alpha value is -1.50. The van der Waals surface area contributed by atoms with E-state index < -0.39 is 18.4 Å². The van der Waals surface area contributed by atoms with Gasteiger partial charge in [0.05, 0.1) is 0 Å². The molecule has 0 heterocycles. The molecule has 0 unspecified atom stereocenters. The van der Waals surface area contributed by atoms with Crippen molar-refractivity contribution in [1.29, 1.82) is 0 Å². The van der Waals surface area contributed by atoms with Crippen molar-refractivity contribution in [2.45, 2.75) is 6.29 Å². The van der Waals surface area contributed by atoms with Gasteiger partial charge in [0.25, 0.3) is 0 Å². The summed E-state index contributed by atoms with van der Waals surface area (Å²) >= 11 is 0. The summed E-state index contributed by atoms with van der Waals surface area (Å²) in [5.41, 5.74) is 14.3. The fraction of sp³-hybridized carbons (Fsp3) is 0.333. The zero-order valence-corrected chi connectivity index (χ0v) is 5.13. The third-order valence-corrected chi connectivity index (χ3v) is 0.596. The van der Waals surface area contributed by atoms with Gasteiger partial charge < -0.3 is 22.1 Å². The number of rotatable bonds is 2. The maximum Gasteiger partial charge on any atom is 0.314 e. The van der Waals surface area contributed by atoms with Crippen LogP contribution in [0.25, 0.3) is 0 Å². The summed E-state index contributed by atoms with van der Waals surface area (Å²) in [6.45, 7) is 0. The second-order valence-electron chi connectivity index (χ2n) is 1.49. The van der Waals surface area contributed by atoms with Crippen molar-refractivity contribution in [2.24, 2.45) is 17.2 Å².